The number of nitrogens with zero attached hydrogens (tertiary/aromatic N) is 1. The van der Waals surface area contributed by atoms with Crippen molar-refractivity contribution in [2.24, 2.45) is 0 Å². The van der Waals surface area contributed by atoms with E-state index in [9.17, 15) is 8.42 Å². The third kappa shape index (κ3) is 3.01. The molecule has 2 rings (SSSR count). The Balaban J connectivity index is 2.25. The summed E-state index contributed by atoms with van der Waals surface area (Å²) >= 11 is 0. The van der Waals surface area contributed by atoms with Gasteiger partial charge in [-0.1, -0.05) is 13.3 Å². The van der Waals surface area contributed by atoms with Crippen molar-refractivity contribution in [3.05, 3.63) is 18.2 Å². The SMILES string of the molecule is CCCCN(C)S(=O)(=O)c1ccc2c(c1)NCCO2. The van der Waals surface area contributed by atoms with Crippen molar-refractivity contribution in [2.45, 2.75) is 24.7 Å². The monoisotopic (exact) mass is 284 g/mol. The van der Waals surface area contributed by atoms with Crippen molar-refractivity contribution >= 4 is 15.7 Å². The van der Waals surface area contributed by atoms with Gasteiger partial charge in [-0.15, -0.1) is 0 Å². The van der Waals surface area contributed by atoms with E-state index in [0.29, 0.717) is 30.3 Å². The maximum Gasteiger partial charge on any atom is 0.242 e. The van der Waals surface area contributed by atoms with Crippen LogP contribution < -0.4 is 10.1 Å². The Labute approximate surface area is 114 Å². The third-order valence-electron chi connectivity index (χ3n) is 3.16. The first-order chi connectivity index (χ1) is 9.05. The maximum absolute atomic E-state index is 12.4. The van der Waals surface area contributed by atoms with Gasteiger partial charge in [-0.2, -0.15) is 0 Å². The summed E-state index contributed by atoms with van der Waals surface area (Å²) in [5.74, 6) is 0.710. The van der Waals surface area contributed by atoms with Crippen molar-refractivity contribution < 1.29 is 13.2 Å². The topological polar surface area (TPSA) is 58.6 Å². The molecule has 0 saturated heterocycles. The lowest BCUT2D eigenvalue weighted by atomic mass is 10.2. The fraction of sp³-hybridized carbons (Fsp3) is 0.538. The first-order valence-electron chi connectivity index (χ1n) is 6.52. The number of sulfonamides is 1. The molecule has 1 N–H and O–H groups in total. The number of fused-ring (bicyclic) bond motifs is 1. The summed E-state index contributed by atoms with van der Waals surface area (Å²) in [4.78, 5) is 0.308. The average Bonchev–Trinajstić information content (AvgIpc) is 2.44. The second kappa shape index (κ2) is 5.79. The lowest BCUT2D eigenvalue weighted by Crippen LogP contribution is -2.28. The van der Waals surface area contributed by atoms with E-state index in [1.54, 1.807) is 25.2 Å². The second-order valence-corrected chi connectivity index (χ2v) is 6.66. The van der Waals surface area contributed by atoms with Gasteiger partial charge < -0.3 is 10.1 Å². The number of rotatable bonds is 5. The Morgan fingerprint density at radius 1 is 1.42 bits per heavy atom. The third-order valence-corrected chi connectivity index (χ3v) is 5.01. The zero-order chi connectivity index (χ0) is 13.9. The van der Waals surface area contributed by atoms with Crippen LogP contribution in [0.5, 0.6) is 5.75 Å². The molecule has 19 heavy (non-hydrogen) atoms. The fourth-order valence-electron chi connectivity index (χ4n) is 1.96. The molecule has 1 aliphatic heterocycles. The van der Waals surface area contributed by atoms with Gasteiger partial charge in [0, 0.05) is 20.1 Å². The van der Waals surface area contributed by atoms with Crippen molar-refractivity contribution in [3.63, 3.8) is 0 Å². The van der Waals surface area contributed by atoms with E-state index in [1.807, 2.05) is 6.92 Å². The lowest BCUT2D eigenvalue weighted by Gasteiger charge is -2.21. The second-order valence-electron chi connectivity index (χ2n) is 4.61. The molecule has 5 nitrogen and oxygen atoms in total. The molecular formula is C13H20N2O3S. The maximum atomic E-state index is 12.4. The molecule has 0 saturated carbocycles. The number of ether oxygens (including phenoxy) is 1. The molecule has 0 spiro atoms. The van der Waals surface area contributed by atoms with Crippen LogP contribution in [-0.4, -0.2) is 39.5 Å². The number of benzene rings is 1. The van der Waals surface area contributed by atoms with Gasteiger partial charge in [-0.05, 0) is 24.6 Å². The molecule has 1 aromatic carbocycles. The van der Waals surface area contributed by atoms with E-state index in [0.717, 1.165) is 18.5 Å². The smallest absolute Gasteiger partial charge is 0.242 e. The Morgan fingerprint density at radius 3 is 2.95 bits per heavy atom. The molecule has 106 valence electrons. The summed E-state index contributed by atoms with van der Waals surface area (Å²) in [6, 6.07) is 4.96. The molecule has 1 aromatic rings. The van der Waals surface area contributed by atoms with Gasteiger partial charge in [-0.25, -0.2) is 12.7 Å². The predicted molar refractivity (Wildman–Crippen MR) is 75.2 cm³/mol. The van der Waals surface area contributed by atoms with Crippen molar-refractivity contribution in [1.82, 2.24) is 4.31 Å². The van der Waals surface area contributed by atoms with E-state index in [-0.39, 0.29) is 0 Å². The lowest BCUT2D eigenvalue weighted by molar-refractivity contribution is 0.323. The van der Waals surface area contributed by atoms with E-state index in [1.165, 1.54) is 4.31 Å². The standard InChI is InChI=1S/C13H20N2O3S/c1-3-4-8-15(2)19(16,17)11-5-6-13-12(10-11)14-7-9-18-13/h5-6,10,14H,3-4,7-9H2,1-2H3. The summed E-state index contributed by atoms with van der Waals surface area (Å²) in [5.41, 5.74) is 0.746. The van der Waals surface area contributed by atoms with Gasteiger partial charge in [0.15, 0.2) is 0 Å². The zero-order valence-electron chi connectivity index (χ0n) is 11.3. The molecule has 6 heteroatoms. The highest BCUT2D eigenvalue weighted by atomic mass is 32.2. The van der Waals surface area contributed by atoms with E-state index >= 15 is 0 Å². The van der Waals surface area contributed by atoms with Gasteiger partial charge in [0.05, 0.1) is 10.6 Å². The van der Waals surface area contributed by atoms with Crippen molar-refractivity contribution in [2.75, 3.05) is 32.1 Å². The minimum atomic E-state index is -3.41. The highest BCUT2D eigenvalue weighted by molar-refractivity contribution is 7.89. The highest BCUT2D eigenvalue weighted by Crippen LogP contribution is 2.30. The molecule has 0 aromatic heterocycles. The minimum absolute atomic E-state index is 0.308. The first-order valence-corrected chi connectivity index (χ1v) is 7.97. The van der Waals surface area contributed by atoms with Gasteiger partial charge in [-0.3, -0.25) is 0 Å². The van der Waals surface area contributed by atoms with Crippen LogP contribution in [0.1, 0.15) is 19.8 Å². The first kappa shape index (κ1) is 14.1. The number of unbranched alkanes of at least 4 members (excludes halogenated alkanes) is 1. The van der Waals surface area contributed by atoms with E-state index in [2.05, 4.69) is 5.32 Å². The minimum Gasteiger partial charge on any atom is -0.490 e. The van der Waals surface area contributed by atoms with E-state index < -0.39 is 10.0 Å². The summed E-state index contributed by atoms with van der Waals surface area (Å²) in [5, 5.41) is 3.15. The summed E-state index contributed by atoms with van der Waals surface area (Å²) in [6.07, 6.45) is 1.83. The fourth-order valence-corrected chi connectivity index (χ4v) is 3.20. The zero-order valence-corrected chi connectivity index (χ0v) is 12.2. The normalized spacial score (nSPS) is 14.7. The van der Waals surface area contributed by atoms with Gasteiger partial charge >= 0.3 is 0 Å². The Morgan fingerprint density at radius 2 is 2.21 bits per heavy atom. The Bertz CT molecular complexity index is 543. The molecule has 0 radical (unpaired) electrons. The molecule has 1 heterocycles. The van der Waals surface area contributed by atoms with Gasteiger partial charge in [0.25, 0.3) is 0 Å². The molecule has 0 atom stereocenters. The van der Waals surface area contributed by atoms with E-state index in [4.69, 9.17) is 4.74 Å². The highest BCUT2D eigenvalue weighted by Gasteiger charge is 2.22. The predicted octanol–water partition coefficient (Wildman–Crippen LogP) is 1.91. The van der Waals surface area contributed by atoms with Crippen LogP contribution in [0.25, 0.3) is 0 Å². The quantitative estimate of drug-likeness (QED) is 0.897. The molecule has 0 amide bonds. The molecule has 0 unspecified atom stereocenters. The van der Waals surface area contributed by atoms with Crippen LogP contribution in [0.2, 0.25) is 0 Å². The average molecular weight is 284 g/mol. The molecule has 0 aliphatic carbocycles. The summed E-state index contributed by atoms with van der Waals surface area (Å²) < 4.78 is 31.6. The number of anilines is 1. The largest absolute Gasteiger partial charge is 0.490 e. The van der Waals surface area contributed by atoms with Crippen LogP contribution in [-0.2, 0) is 10.0 Å². The van der Waals surface area contributed by atoms with Crippen molar-refractivity contribution in [1.29, 1.82) is 0 Å². The van der Waals surface area contributed by atoms with Crippen LogP contribution >= 0.6 is 0 Å². The number of hydrogen-bond donors (Lipinski definition) is 1. The van der Waals surface area contributed by atoms with Gasteiger partial charge in [0.2, 0.25) is 10.0 Å². The van der Waals surface area contributed by atoms with Crippen LogP contribution in [0.3, 0.4) is 0 Å². The van der Waals surface area contributed by atoms with Gasteiger partial charge in [0.1, 0.15) is 12.4 Å². The summed E-state index contributed by atoms with van der Waals surface area (Å²) in [7, 11) is -1.79. The van der Waals surface area contributed by atoms with Crippen LogP contribution in [0.4, 0.5) is 5.69 Å². The molecule has 1 aliphatic rings. The van der Waals surface area contributed by atoms with Crippen LogP contribution in [0.15, 0.2) is 23.1 Å². The number of hydrogen-bond acceptors (Lipinski definition) is 4. The molecule has 0 fully saturated rings. The Kier molecular flexibility index (Phi) is 4.31. The molecular weight excluding hydrogens is 264 g/mol. The van der Waals surface area contributed by atoms with Crippen LogP contribution in [0, 0.1) is 0 Å². The number of nitrogens with one attached hydrogen (secondary N) is 1. The summed E-state index contributed by atoms with van der Waals surface area (Å²) in [6.45, 7) is 3.89. The Hall–Kier alpha value is -1.27. The molecule has 0 bridgehead atoms. The van der Waals surface area contributed by atoms with Crippen molar-refractivity contribution in [3.8, 4) is 5.75 Å².